The first-order valence-electron chi connectivity index (χ1n) is 16.0. The van der Waals surface area contributed by atoms with Crippen LogP contribution in [0.1, 0.15) is 107 Å². The van der Waals surface area contributed by atoms with Crippen LogP contribution in [0.2, 0.25) is 0 Å². The molecule has 0 amide bonds. The third-order valence-electron chi connectivity index (χ3n) is 9.19. The summed E-state index contributed by atoms with van der Waals surface area (Å²) in [7, 11) is 0. The summed E-state index contributed by atoms with van der Waals surface area (Å²) in [5, 5.41) is 0. The topological polar surface area (TPSA) is 9.23 Å². The fourth-order valence-electron chi connectivity index (χ4n) is 6.63. The first kappa shape index (κ1) is 33.2. The largest absolute Gasteiger partial charge is 0.432 e. The van der Waals surface area contributed by atoms with Gasteiger partial charge in [0.25, 0.3) is 0 Å². The van der Waals surface area contributed by atoms with Crippen molar-refractivity contribution in [3.05, 3.63) is 89.0 Å². The Hall–Kier alpha value is -2.70. The van der Waals surface area contributed by atoms with Gasteiger partial charge in [-0.3, -0.25) is 0 Å². The molecule has 0 heterocycles. The van der Waals surface area contributed by atoms with Crippen molar-refractivity contribution in [2.75, 3.05) is 0 Å². The van der Waals surface area contributed by atoms with Crippen molar-refractivity contribution in [1.82, 2.24) is 0 Å². The molecule has 2 aliphatic rings. The number of hydrogen-bond donors (Lipinski definition) is 0. The maximum Gasteiger partial charge on any atom is 0.400 e. The Morgan fingerprint density at radius 1 is 0.721 bits per heavy atom. The average molecular weight is 607 g/mol. The van der Waals surface area contributed by atoms with Crippen molar-refractivity contribution in [3.63, 3.8) is 0 Å². The zero-order chi connectivity index (χ0) is 30.8. The number of alkyl halides is 2. The number of ether oxygens (including phenoxy) is 1. The van der Waals surface area contributed by atoms with Crippen molar-refractivity contribution >= 4 is 0 Å². The van der Waals surface area contributed by atoms with Crippen LogP contribution < -0.4 is 4.74 Å². The van der Waals surface area contributed by atoms with Crippen molar-refractivity contribution in [2.24, 2.45) is 17.8 Å². The van der Waals surface area contributed by atoms with Gasteiger partial charge < -0.3 is 4.74 Å². The smallest absolute Gasteiger partial charge is 0.400 e. The van der Waals surface area contributed by atoms with Crippen LogP contribution in [0.4, 0.5) is 26.3 Å². The predicted octanol–water partition coefficient (Wildman–Crippen LogP) is 11.6. The van der Waals surface area contributed by atoms with Gasteiger partial charge in [-0.05, 0) is 132 Å². The predicted molar refractivity (Wildman–Crippen MR) is 159 cm³/mol. The van der Waals surface area contributed by atoms with E-state index < -0.39 is 35.3 Å². The van der Waals surface area contributed by atoms with E-state index >= 15 is 8.78 Å². The molecular formula is C36H44F6O. The standard InChI is InChI=1S/C36H44F6O/c1-2-3-4-5-6-7-8-9-27-22-33(39)35(34(40)23-27)28-16-12-25(13-17-28)10-11-26-14-18-29(19-15-26)36(41,42)43-30-20-21-31(37)32(38)24-30/h2-3,10-11,20-26,28-29H,4-9,12-19H2,1H3/b3-2+,11-10+. The van der Waals surface area contributed by atoms with Gasteiger partial charge in [-0.1, -0.05) is 37.1 Å². The molecule has 0 saturated heterocycles. The number of hydrogen-bond acceptors (Lipinski definition) is 1. The summed E-state index contributed by atoms with van der Waals surface area (Å²) in [6, 6.07) is 5.46. The molecule has 236 valence electrons. The molecule has 0 bridgehead atoms. The van der Waals surface area contributed by atoms with E-state index in [4.69, 9.17) is 4.74 Å². The van der Waals surface area contributed by atoms with Crippen LogP contribution in [-0.4, -0.2) is 6.11 Å². The molecule has 4 rings (SSSR count). The third-order valence-corrected chi connectivity index (χ3v) is 9.19. The lowest BCUT2D eigenvalue weighted by Crippen LogP contribution is -2.37. The highest BCUT2D eigenvalue weighted by atomic mass is 19.3. The Balaban J connectivity index is 1.19. The minimum absolute atomic E-state index is 0.127. The summed E-state index contributed by atoms with van der Waals surface area (Å²) in [5.74, 6) is -4.21. The Bertz CT molecular complexity index is 1200. The molecule has 0 aliphatic heterocycles. The summed E-state index contributed by atoms with van der Waals surface area (Å²) in [6.45, 7) is 2.02. The quantitative estimate of drug-likeness (QED) is 0.125. The van der Waals surface area contributed by atoms with E-state index in [0.29, 0.717) is 44.1 Å². The highest BCUT2D eigenvalue weighted by Crippen LogP contribution is 2.42. The van der Waals surface area contributed by atoms with E-state index in [-0.39, 0.29) is 36.0 Å². The van der Waals surface area contributed by atoms with Gasteiger partial charge in [0.1, 0.15) is 17.4 Å². The van der Waals surface area contributed by atoms with E-state index in [1.54, 1.807) is 0 Å². The van der Waals surface area contributed by atoms with Crippen molar-refractivity contribution in [3.8, 4) is 5.75 Å². The van der Waals surface area contributed by atoms with Crippen LogP contribution in [-0.2, 0) is 6.42 Å². The summed E-state index contributed by atoms with van der Waals surface area (Å²) in [6.07, 6.45) is 15.9. The third kappa shape index (κ3) is 9.64. The SMILES string of the molecule is C/C=C/CCCCCCc1cc(F)c(C2CCC(/C=C/C3CCC(C(F)(F)Oc4ccc(F)c(F)c4)CC3)CC2)c(F)c1. The lowest BCUT2D eigenvalue weighted by Gasteiger charge is -2.32. The Morgan fingerprint density at radius 3 is 1.93 bits per heavy atom. The zero-order valence-electron chi connectivity index (χ0n) is 25.1. The fourth-order valence-corrected chi connectivity index (χ4v) is 6.63. The molecule has 0 spiro atoms. The molecular weight excluding hydrogens is 562 g/mol. The molecule has 2 aromatic carbocycles. The molecule has 0 unspecified atom stereocenters. The fraction of sp³-hybridized carbons (Fsp3) is 0.556. The van der Waals surface area contributed by atoms with E-state index in [2.05, 4.69) is 24.3 Å². The number of benzene rings is 2. The van der Waals surface area contributed by atoms with E-state index in [9.17, 15) is 17.6 Å². The van der Waals surface area contributed by atoms with Gasteiger partial charge in [0.05, 0.1) is 5.92 Å². The number of aryl methyl sites for hydroxylation is 1. The van der Waals surface area contributed by atoms with Gasteiger partial charge in [0.15, 0.2) is 11.6 Å². The number of unbranched alkanes of at least 4 members (excludes halogenated alkanes) is 4. The molecule has 0 radical (unpaired) electrons. The Morgan fingerprint density at radius 2 is 1.33 bits per heavy atom. The lowest BCUT2D eigenvalue weighted by atomic mass is 9.76. The second-order valence-electron chi connectivity index (χ2n) is 12.3. The van der Waals surface area contributed by atoms with E-state index in [0.717, 1.165) is 62.6 Å². The monoisotopic (exact) mass is 606 g/mol. The van der Waals surface area contributed by atoms with Gasteiger partial charge in [0, 0.05) is 11.6 Å². The van der Waals surface area contributed by atoms with Crippen LogP contribution in [0, 0.1) is 41.0 Å². The van der Waals surface area contributed by atoms with Gasteiger partial charge in [-0.2, -0.15) is 8.78 Å². The van der Waals surface area contributed by atoms with Gasteiger partial charge in [0.2, 0.25) is 0 Å². The highest BCUT2D eigenvalue weighted by molar-refractivity contribution is 5.30. The Labute approximate surface area is 252 Å². The molecule has 2 fully saturated rings. The maximum absolute atomic E-state index is 15.0. The molecule has 2 aromatic rings. The second-order valence-corrected chi connectivity index (χ2v) is 12.3. The lowest BCUT2D eigenvalue weighted by molar-refractivity contribution is -0.223. The van der Waals surface area contributed by atoms with Crippen molar-refractivity contribution in [1.29, 1.82) is 0 Å². The second kappa shape index (κ2) is 15.9. The minimum atomic E-state index is -3.47. The maximum atomic E-state index is 15.0. The number of halogens is 6. The molecule has 2 aliphatic carbocycles. The van der Waals surface area contributed by atoms with Gasteiger partial charge in [-0.25, -0.2) is 17.6 Å². The molecule has 0 aromatic heterocycles. The molecule has 2 saturated carbocycles. The molecule has 43 heavy (non-hydrogen) atoms. The number of allylic oxidation sites excluding steroid dienone is 4. The molecule has 1 nitrogen and oxygen atoms in total. The van der Waals surface area contributed by atoms with Crippen molar-refractivity contribution < 1.29 is 31.1 Å². The van der Waals surface area contributed by atoms with Crippen molar-refractivity contribution in [2.45, 2.75) is 109 Å². The average Bonchev–Trinajstić information content (AvgIpc) is 2.98. The van der Waals surface area contributed by atoms with Crippen LogP contribution >= 0.6 is 0 Å². The first-order valence-corrected chi connectivity index (χ1v) is 16.0. The van der Waals surface area contributed by atoms with Crippen LogP contribution in [0.5, 0.6) is 5.75 Å². The highest BCUT2D eigenvalue weighted by Gasteiger charge is 2.44. The summed E-state index contributed by atoms with van der Waals surface area (Å²) in [4.78, 5) is 0. The van der Waals surface area contributed by atoms with Crippen LogP contribution in [0.3, 0.4) is 0 Å². The van der Waals surface area contributed by atoms with E-state index in [1.807, 2.05) is 6.92 Å². The van der Waals surface area contributed by atoms with Gasteiger partial charge in [-0.15, -0.1) is 0 Å². The van der Waals surface area contributed by atoms with E-state index in [1.165, 1.54) is 12.1 Å². The summed E-state index contributed by atoms with van der Waals surface area (Å²) >= 11 is 0. The van der Waals surface area contributed by atoms with Gasteiger partial charge >= 0.3 is 6.11 Å². The van der Waals surface area contributed by atoms with Crippen LogP contribution in [0.15, 0.2) is 54.6 Å². The molecule has 0 atom stereocenters. The molecule has 0 N–H and O–H groups in total. The number of rotatable bonds is 13. The minimum Gasteiger partial charge on any atom is -0.432 e. The normalized spacial score (nSPS) is 23.3. The Kier molecular flexibility index (Phi) is 12.2. The summed E-state index contributed by atoms with van der Waals surface area (Å²) in [5.41, 5.74) is 0.953. The first-order chi connectivity index (χ1) is 20.7. The molecule has 7 heteroatoms. The zero-order valence-corrected chi connectivity index (χ0v) is 25.1. The van der Waals surface area contributed by atoms with Crippen LogP contribution in [0.25, 0.3) is 0 Å². The summed E-state index contributed by atoms with van der Waals surface area (Å²) < 4.78 is 90.7.